The van der Waals surface area contributed by atoms with E-state index in [0.717, 1.165) is 31.8 Å². The summed E-state index contributed by atoms with van der Waals surface area (Å²) in [6, 6.07) is 0. The molecular weight excluding hydrogens is 284 g/mol. The molecule has 2 aliphatic rings. The minimum absolute atomic E-state index is 0.308. The fourth-order valence-corrected chi connectivity index (χ4v) is 2.77. The summed E-state index contributed by atoms with van der Waals surface area (Å²) in [5, 5.41) is 3.46. The van der Waals surface area contributed by atoms with Crippen molar-refractivity contribution in [2.75, 3.05) is 26.7 Å². The fourth-order valence-electron chi connectivity index (χ4n) is 2.77. The van der Waals surface area contributed by atoms with Gasteiger partial charge in [-0.15, -0.1) is 12.3 Å². The van der Waals surface area contributed by atoms with Crippen molar-refractivity contribution in [3.05, 3.63) is 23.1 Å². The summed E-state index contributed by atoms with van der Waals surface area (Å²) in [7, 11) is 2.18. The van der Waals surface area contributed by atoms with Gasteiger partial charge in [-0.05, 0) is 52.3 Å². The van der Waals surface area contributed by atoms with E-state index in [2.05, 4.69) is 49.5 Å². The third kappa shape index (κ3) is 8.13. The lowest BCUT2D eigenvalue weighted by molar-refractivity contribution is 0.0693. The lowest BCUT2D eigenvalue weighted by Gasteiger charge is -2.33. The van der Waals surface area contributed by atoms with E-state index in [-0.39, 0.29) is 0 Å². The van der Waals surface area contributed by atoms with Crippen LogP contribution in [-0.2, 0) is 4.74 Å². The number of terminal acetylenes is 1. The zero-order valence-corrected chi connectivity index (χ0v) is 16.0. The quantitative estimate of drug-likeness (QED) is 0.767. The Hall–Kier alpha value is -1.40. The van der Waals surface area contributed by atoms with Gasteiger partial charge in [0.05, 0.1) is 12.2 Å². The number of nitrogens with one attached hydrogen (secondary N) is 1. The molecule has 3 heteroatoms. The van der Waals surface area contributed by atoms with Crippen molar-refractivity contribution in [3.8, 4) is 12.3 Å². The monoisotopic (exact) mass is 320 g/mol. The fraction of sp³-hybridized carbons (Fsp3) is 0.700. The lowest BCUT2D eigenvalue weighted by atomic mass is 10.0. The Bertz CT molecular complexity index is 408. The largest absolute Gasteiger partial charge is 0.491 e. The highest BCUT2D eigenvalue weighted by atomic mass is 16.5. The average Bonchev–Trinajstić information content (AvgIpc) is 2.81. The van der Waals surface area contributed by atoms with Crippen LogP contribution in [0, 0.1) is 12.3 Å². The molecule has 1 fully saturated rings. The van der Waals surface area contributed by atoms with E-state index in [1.807, 2.05) is 13.8 Å². The van der Waals surface area contributed by atoms with Crippen molar-refractivity contribution in [2.24, 2.45) is 0 Å². The molecule has 0 saturated carbocycles. The first kappa shape index (κ1) is 21.6. The molecule has 132 valence electrons. The van der Waals surface area contributed by atoms with Gasteiger partial charge >= 0.3 is 0 Å². The Morgan fingerprint density at radius 2 is 2.00 bits per heavy atom. The molecule has 1 saturated heterocycles. The maximum absolute atomic E-state index is 5.97. The Morgan fingerprint density at radius 3 is 2.61 bits per heavy atom. The molecule has 0 aliphatic carbocycles. The minimum atomic E-state index is 0.308. The maximum Gasteiger partial charge on any atom is 0.119 e. The SMILES string of the molecule is C#CC.CC.CCC1=C(/C=C2\CCCNCC2)N(C)CC(C)O1. The molecule has 0 amide bonds. The van der Waals surface area contributed by atoms with Gasteiger partial charge in [0.15, 0.2) is 0 Å². The van der Waals surface area contributed by atoms with E-state index in [0.29, 0.717) is 6.10 Å². The van der Waals surface area contributed by atoms with Gasteiger partial charge in [-0.3, -0.25) is 0 Å². The van der Waals surface area contributed by atoms with Crippen LogP contribution in [0.25, 0.3) is 0 Å². The molecule has 0 bridgehead atoms. The standard InChI is InChI=1S/C15H26N2O.C3H4.C2H6/c1-4-15-14(17(3)11-12(2)18-15)10-13-6-5-8-16-9-7-13;1-3-2;1-2/h10,12,16H,4-9,11H2,1-3H3;1H,2H3;1-2H3/b13-10+;;. The molecule has 2 aliphatic heterocycles. The number of nitrogens with zero attached hydrogens (tertiary/aromatic N) is 1. The van der Waals surface area contributed by atoms with E-state index >= 15 is 0 Å². The van der Waals surface area contributed by atoms with Crippen LogP contribution >= 0.6 is 0 Å². The summed E-state index contributed by atoms with van der Waals surface area (Å²) >= 11 is 0. The number of allylic oxidation sites excluding steroid dienone is 2. The summed E-state index contributed by atoms with van der Waals surface area (Å²) < 4.78 is 5.97. The second-order valence-electron chi connectivity index (χ2n) is 5.67. The second kappa shape index (κ2) is 13.1. The zero-order chi connectivity index (χ0) is 17.7. The van der Waals surface area contributed by atoms with Crippen LogP contribution in [-0.4, -0.2) is 37.7 Å². The van der Waals surface area contributed by atoms with Crippen LogP contribution in [0.3, 0.4) is 0 Å². The summed E-state index contributed by atoms with van der Waals surface area (Å²) in [4.78, 5) is 2.35. The first-order chi connectivity index (χ1) is 11.1. The van der Waals surface area contributed by atoms with Gasteiger partial charge in [0.2, 0.25) is 0 Å². The number of hydrogen-bond acceptors (Lipinski definition) is 3. The highest BCUT2D eigenvalue weighted by Gasteiger charge is 2.21. The molecule has 0 aromatic rings. The van der Waals surface area contributed by atoms with Gasteiger partial charge < -0.3 is 15.0 Å². The lowest BCUT2D eigenvalue weighted by Crippen LogP contribution is -2.34. The molecule has 3 nitrogen and oxygen atoms in total. The van der Waals surface area contributed by atoms with Gasteiger partial charge in [0.25, 0.3) is 0 Å². The molecule has 1 atom stereocenters. The Labute approximate surface area is 144 Å². The highest BCUT2D eigenvalue weighted by molar-refractivity contribution is 5.27. The van der Waals surface area contributed by atoms with Crippen molar-refractivity contribution in [2.45, 2.75) is 66.4 Å². The van der Waals surface area contributed by atoms with E-state index in [4.69, 9.17) is 4.74 Å². The molecule has 0 aromatic heterocycles. The molecule has 0 aromatic carbocycles. The molecule has 0 spiro atoms. The summed E-state index contributed by atoms with van der Waals surface area (Å²) in [5.74, 6) is 3.40. The third-order valence-electron chi connectivity index (χ3n) is 3.71. The summed E-state index contributed by atoms with van der Waals surface area (Å²) in [6.45, 7) is 13.2. The van der Waals surface area contributed by atoms with Crippen molar-refractivity contribution < 1.29 is 4.74 Å². The van der Waals surface area contributed by atoms with E-state index in [1.54, 1.807) is 12.5 Å². The predicted molar refractivity (Wildman–Crippen MR) is 101 cm³/mol. The van der Waals surface area contributed by atoms with Crippen molar-refractivity contribution >= 4 is 0 Å². The number of rotatable bonds is 2. The molecule has 2 rings (SSSR count). The smallest absolute Gasteiger partial charge is 0.119 e. The van der Waals surface area contributed by atoms with Gasteiger partial charge in [0, 0.05) is 13.5 Å². The number of ether oxygens (including phenoxy) is 1. The molecule has 2 heterocycles. The van der Waals surface area contributed by atoms with Crippen molar-refractivity contribution in [1.29, 1.82) is 0 Å². The summed E-state index contributed by atoms with van der Waals surface area (Å²) in [6.07, 6.45) is 11.9. The van der Waals surface area contributed by atoms with Crippen LogP contribution in [0.4, 0.5) is 0 Å². The Kier molecular flexibility index (Phi) is 12.3. The molecule has 1 unspecified atom stereocenters. The highest BCUT2D eigenvalue weighted by Crippen LogP contribution is 2.25. The molecule has 1 N–H and O–H groups in total. The summed E-state index contributed by atoms with van der Waals surface area (Å²) in [5.41, 5.74) is 2.86. The topological polar surface area (TPSA) is 24.5 Å². The van der Waals surface area contributed by atoms with Gasteiger partial charge in [-0.2, -0.15) is 0 Å². The maximum atomic E-state index is 5.97. The Morgan fingerprint density at radius 1 is 1.35 bits per heavy atom. The van der Waals surface area contributed by atoms with Gasteiger partial charge in [-0.1, -0.05) is 26.3 Å². The zero-order valence-electron chi connectivity index (χ0n) is 16.0. The second-order valence-corrected chi connectivity index (χ2v) is 5.67. The molecule has 0 radical (unpaired) electrons. The number of hydrogen-bond donors (Lipinski definition) is 1. The van der Waals surface area contributed by atoms with Crippen LogP contribution in [0.15, 0.2) is 23.1 Å². The van der Waals surface area contributed by atoms with Crippen molar-refractivity contribution in [3.63, 3.8) is 0 Å². The average molecular weight is 321 g/mol. The number of likely N-dealkylation sites (N-methyl/N-ethyl adjacent to an activating group) is 1. The van der Waals surface area contributed by atoms with Gasteiger partial charge in [0.1, 0.15) is 11.9 Å². The van der Waals surface area contributed by atoms with Gasteiger partial charge in [-0.25, -0.2) is 0 Å². The molecule has 23 heavy (non-hydrogen) atoms. The van der Waals surface area contributed by atoms with E-state index < -0.39 is 0 Å². The third-order valence-corrected chi connectivity index (χ3v) is 3.71. The van der Waals surface area contributed by atoms with Crippen LogP contribution in [0.1, 0.15) is 60.3 Å². The van der Waals surface area contributed by atoms with E-state index in [9.17, 15) is 0 Å². The Balaban J connectivity index is 0.000000868. The van der Waals surface area contributed by atoms with Crippen LogP contribution in [0.5, 0.6) is 0 Å². The van der Waals surface area contributed by atoms with Crippen molar-refractivity contribution in [1.82, 2.24) is 10.2 Å². The van der Waals surface area contributed by atoms with Crippen LogP contribution < -0.4 is 5.32 Å². The van der Waals surface area contributed by atoms with E-state index in [1.165, 1.54) is 25.0 Å². The van der Waals surface area contributed by atoms with Crippen LogP contribution in [0.2, 0.25) is 0 Å². The molecular formula is C20H36N2O. The normalized spacial score (nSPS) is 22.7. The predicted octanol–water partition coefficient (Wildman–Crippen LogP) is 4.32. The minimum Gasteiger partial charge on any atom is -0.491 e. The first-order valence-electron chi connectivity index (χ1n) is 9.00. The first-order valence-corrected chi connectivity index (χ1v) is 9.00.